The Morgan fingerprint density at radius 1 is 1.20 bits per heavy atom. The summed E-state index contributed by atoms with van der Waals surface area (Å²) >= 11 is 6.15. The van der Waals surface area contributed by atoms with Crippen molar-refractivity contribution in [2.75, 3.05) is 14.2 Å². The molecule has 0 amide bonds. The molecule has 7 heteroatoms. The quantitative estimate of drug-likeness (QED) is 0.613. The lowest BCUT2D eigenvalue weighted by Gasteiger charge is -2.10. The largest absolute Gasteiger partial charge is 0.493 e. The van der Waals surface area contributed by atoms with E-state index in [-0.39, 0.29) is 11.6 Å². The summed E-state index contributed by atoms with van der Waals surface area (Å²) in [7, 11) is 2.96. The Hall–Kier alpha value is -2.86. The van der Waals surface area contributed by atoms with Gasteiger partial charge in [0.1, 0.15) is 5.82 Å². The molecule has 0 saturated heterocycles. The zero-order chi connectivity index (χ0) is 18.0. The zero-order valence-corrected chi connectivity index (χ0v) is 14.1. The third kappa shape index (κ3) is 3.49. The molecule has 1 aliphatic heterocycles. The standard InChI is InChI=1S/C18H13ClFNO4/c1-23-15-8-10(6-13(19)16(15)24-2)7-14-18(22)25-17(21-14)11-4-3-5-12(20)9-11/h3-9H,1-2H3/b14-7-. The zero-order valence-electron chi connectivity index (χ0n) is 13.4. The van der Waals surface area contributed by atoms with E-state index < -0.39 is 11.8 Å². The van der Waals surface area contributed by atoms with Crippen molar-refractivity contribution >= 4 is 29.5 Å². The van der Waals surface area contributed by atoms with Crippen LogP contribution < -0.4 is 9.47 Å². The van der Waals surface area contributed by atoms with Crippen molar-refractivity contribution in [3.05, 3.63) is 64.1 Å². The molecule has 0 aliphatic carbocycles. The summed E-state index contributed by atoms with van der Waals surface area (Å²) in [5, 5.41) is 0.328. The lowest BCUT2D eigenvalue weighted by molar-refractivity contribution is -0.129. The highest BCUT2D eigenvalue weighted by Crippen LogP contribution is 2.36. The maximum Gasteiger partial charge on any atom is 0.363 e. The van der Waals surface area contributed by atoms with Gasteiger partial charge in [-0.2, -0.15) is 0 Å². The molecule has 0 fully saturated rings. The van der Waals surface area contributed by atoms with Gasteiger partial charge in [-0.25, -0.2) is 14.2 Å². The maximum absolute atomic E-state index is 13.3. The van der Waals surface area contributed by atoms with Crippen molar-refractivity contribution in [2.45, 2.75) is 0 Å². The highest BCUT2D eigenvalue weighted by molar-refractivity contribution is 6.32. The van der Waals surface area contributed by atoms with Crippen LogP contribution in [0.1, 0.15) is 11.1 Å². The Bertz CT molecular complexity index is 908. The number of hydrogen-bond acceptors (Lipinski definition) is 5. The monoisotopic (exact) mass is 361 g/mol. The number of nitrogens with zero attached hydrogens (tertiary/aromatic N) is 1. The fourth-order valence-corrected chi connectivity index (χ4v) is 2.63. The molecule has 25 heavy (non-hydrogen) atoms. The summed E-state index contributed by atoms with van der Waals surface area (Å²) in [4.78, 5) is 16.1. The summed E-state index contributed by atoms with van der Waals surface area (Å²) < 4.78 is 28.8. The fourth-order valence-electron chi connectivity index (χ4n) is 2.33. The van der Waals surface area contributed by atoms with Crippen LogP contribution in [0.25, 0.3) is 6.08 Å². The lowest BCUT2D eigenvalue weighted by Crippen LogP contribution is -2.05. The summed E-state index contributed by atoms with van der Waals surface area (Å²) in [5.41, 5.74) is 1.03. The summed E-state index contributed by atoms with van der Waals surface area (Å²) in [6.45, 7) is 0. The number of benzene rings is 2. The molecule has 0 bridgehead atoms. The van der Waals surface area contributed by atoms with E-state index in [1.165, 1.54) is 38.5 Å². The van der Waals surface area contributed by atoms with Gasteiger partial charge in [-0.05, 0) is 42.0 Å². The first-order valence-electron chi connectivity index (χ1n) is 7.22. The third-order valence-electron chi connectivity index (χ3n) is 3.45. The van der Waals surface area contributed by atoms with Gasteiger partial charge in [0.2, 0.25) is 5.90 Å². The van der Waals surface area contributed by atoms with Crippen LogP contribution in [0, 0.1) is 5.82 Å². The molecule has 0 N–H and O–H groups in total. The average molecular weight is 362 g/mol. The van der Waals surface area contributed by atoms with E-state index in [0.717, 1.165) is 0 Å². The SMILES string of the molecule is COc1cc(/C=C2\N=C(c3cccc(F)c3)OC2=O)cc(Cl)c1OC. The highest BCUT2D eigenvalue weighted by atomic mass is 35.5. The molecule has 0 atom stereocenters. The predicted molar refractivity (Wildman–Crippen MR) is 91.6 cm³/mol. The van der Waals surface area contributed by atoms with Crippen molar-refractivity contribution in [3.8, 4) is 11.5 Å². The van der Waals surface area contributed by atoms with Crippen molar-refractivity contribution in [1.82, 2.24) is 0 Å². The molecule has 3 rings (SSSR count). The number of carbonyl (C=O) groups is 1. The lowest BCUT2D eigenvalue weighted by atomic mass is 10.1. The molecule has 128 valence electrons. The van der Waals surface area contributed by atoms with Gasteiger partial charge in [0.15, 0.2) is 17.2 Å². The molecule has 1 heterocycles. The van der Waals surface area contributed by atoms with Gasteiger partial charge in [-0.3, -0.25) is 0 Å². The molecule has 0 unspecified atom stereocenters. The second-order valence-corrected chi connectivity index (χ2v) is 5.49. The summed E-state index contributed by atoms with van der Waals surface area (Å²) in [6, 6.07) is 8.91. The molecule has 0 saturated carbocycles. The molecule has 2 aromatic carbocycles. The minimum atomic E-state index is -0.634. The topological polar surface area (TPSA) is 57.1 Å². The van der Waals surface area contributed by atoms with E-state index in [0.29, 0.717) is 27.6 Å². The predicted octanol–water partition coefficient (Wildman–Crippen LogP) is 3.84. The van der Waals surface area contributed by atoms with E-state index in [2.05, 4.69) is 4.99 Å². The molecular weight excluding hydrogens is 349 g/mol. The molecule has 2 aromatic rings. The van der Waals surface area contributed by atoms with Crippen LogP contribution >= 0.6 is 11.6 Å². The summed E-state index contributed by atoms with van der Waals surface area (Å²) in [5.74, 6) is -0.223. The number of esters is 1. The molecule has 0 radical (unpaired) electrons. The minimum Gasteiger partial charge on any atom is -0.493 e. The van der Waals surface area contributed by atoms with Crippen molar-refractivity contribution in [1.29, 1.82) is 0 Å². The van der Waals surface area contributed by atoms with E-state index in [1.807, 2.05) is 0 Å². The number of halogens is 2. The number of rotatable bonds is 4. The second kappa shape index (κ2) is 6.94. The number of carbonyl (C=O) groups excluding carboxylic acids is 1. The van der Waals surface area contributed by atoms with Crippen LogP contribution in [0.15, 0.2) is 47.1 Å². The van der Waals surface area contributed by atoms with E-state index in [4.69, 9.17) is 25.8 Å². The molecular formula is C18H13ClFNO4. The average Bonchev–Trinajstić information content (AvgIpc) is 2.95. The Morgan fingerprint density at radius 2 is 2.00 bits per heavy atom. The van der Waals surface area contributed by atoms with Crippen LogP contribution in [-0.2, 0) is 9.53 Å². The molecule has 0 spiro atoms. The smallest absolute Gasteiger partial charge is 0.363 e. The second-order valence-electron chi connectivity index (χ2n) is 5.08. The van der Waals surface area contributed by atoms with Gasteiger partial charge < -0.3 is 14.2 Å². The molecule has 5 nitrogen and oxygen atoms in total. The van der Waals surface area contributed by atoms with Crippen LogP contribution in [0.2, 0.25) is 5.02 Å². The first-order chi connectivity index (χ1) is 12.0. The Kier molecular flexibility index (Phi) is 4.72. The van der Waals surface area contributed by atoms with Crippen LogP contribution in [0.3, 0.4) is 0 Å². The van der Waals surface area contributed by atoms with Crippen molar-refractivity contribution < 1.29 is 23.4 Å². The normalized spacial score (nSPS) is 15.1. The summed E-state index contributed by atoms with van der Waals surface area (Å²) in [6.07, 6.45) is 1.50. The van der Waals surface area contributed by atoms with Gasteiger partial charge in [-0.1, -0.05) is 17.7 Å². The van der Waals surface area contributed by atoms with E-state index in [9.17, 15) is 9.18 Å². The van der Waals surface area contributed by atoms with Crippen molar-refractivity contribution in [3.63, 3.8) is 0 Å². The van der Waals surface area contributed by atoms with Gasteiger partial charge >= 0.3 is 5.97 Å². The van der Waals surface area contributed by atoms with Crippen LogP contribution in [-0.4, -0.2) is 26.1 Å². The Morgan fingerprint density at radius 3 is 2.68 bits per heavy atom. The van der Waals surface area contributed by atoms with Gasteiger partial charge in [0.05, 0.1) is 19.2 Å². The fraction of sp³-hybridized carbons (Fsp3) is 0.111. The number of methoxy groups -OCH3 is 2. The third-order valence-corrected chi connectivity index (χ3v) is 3.73. The molecule has 1 aliphatic rings. The van der Waals surface area contributed by atoms with Gasteiger partial charge in [0.25, 0.3) is 0 Å². The maximum atomic E-state index is 13.3. The van der Waals surface area contributed by atoms with Crippen LogP contribution in [0.4, 0.5) is 4.39 Å². The first-order valence-corrected chi connectivity index (χ1v) is 7.59. The molecule has 0 aromatic heterocycles. The Balaban J connectivity index is 1.98. The van der Waals surface area contributed by atoms with Crippen LogP contribution in [0.5, 0.6) is 11.5 Å². The van der Waals surface area contributed by atoms with Gasteiger partial charge in [0, 0.05) is 5.56 Å². The van der Waals surface area contributed by atoms with E-state index >= 15 is 0 Å². The van der Waals surface area contributed by atoms with Crippen molar-refractivity contribution in [2.24, 2.45) is 4.99 Å². The Labute approximate surface area is 148 Å². The number of ether oxygens (including phenoxy) is 3. The number of hydrogen-bond donors (Lipinski definition) is 0. The number of aliphatic imine (C=N–C) groups is 1. The number of cyclic esters (lactones) is 1. The first kappa shape index (κ1) is 17.0. The highest BCUT2D eigenvalue weighted by Gasteiger charge is 2.24. The minimum absolute atomic E-state index is 0.0438. The van der Waals surface area contributed by atoms with E-state index in [1.54, 1.807) is 18.2 Å². The van der Waals surface area contributed by atoms with Gasteiger partial charge in [-0.15, -0.1) is 0 Å².